The maximum Gasteiger partial charge on any atom is 0.319 e. The van der Waals surface area contributed by atoms with Crippen LogP contribution in [0.5, 0.6) is 0 Å². The van der Waals surface area contributed by atoms with Crippen molar-refractivity contribution >= 4 is 56.5 Å². The van der Waals surface area contributed by atoms with E-state index >= 15 is 0 Å². The van der Waals surface area contributed by atoms with E-state index in [0.717, 1.165) is 21.5 Å². The van der Waals surface area contributed by atoms with Gasteiger partial charge in [-0.25, -0.2) is 4.79 Å². The molecule has 164 valence electrons. The van der Waals surface area contributed by atoms with E-state index in [4.69, 9.17) is 11.6 Å². The number of anilines is 2. The van der Waals surface area contributed by atoms with Gasteiger partial charge in [-0.1, -0.05) is 35.9 Å². The van der Waals surface area contributed by atoms with Gasteiger partial charge in [-0.15, -0.1) is 11.3 Å². The number of amides is 3. The largest absolute Gasteiger partial charge is 0.338 e. The molecule has 0 aliphatic rings. The molecule has 0 unspecified atom stereocenters. The molecule has 0 saturated heterocycles. The summed E-state index contributed by atoms with van der Waals surface area (Å²) < 4.78 is 1.88. The van der Waals surface area contributed by atoms with Crippen LogP contribution in [0.25, 0.3) is 10.2 Å². The van der Waals surface area contributed by atoms with Crippen molar-refractivity contribution in [2.75, 3.05) is 17.2 Å². The summed E-state index contributed by atoms with van der Waals surface area (Å²) in [6.07, 6.45) is 0. The van der Waals surface area contributed by atoms with Crippen LogP contribution in [0.1, 0.15) is 27.9 Å². The molecule has 0 spiro atoms. The molecule has 7 nitrogen and oxygen atoms in total. The number of aryl methyl sites for hydroxylation is 1. The number of nitrogens with one attached hydrogen (secondary N) is 3. The van der Waals surface area contributed by atoms with Crippen molar-refractivity contribution in [2.45, 2.75) is 20.4 Å². The van der Waals surface area contributed by atoms with Crippen molar-refractivity contribution in [2.24, 2.45) is 0 Å². The van der Waals surface area contributed by atoms with Gasteiger partial charge in [0.1, 0.15) is 4.83 Å². The van der Waals surface area contributed by atoms with Crippen molar-refractivity contribution in [1.29, 1.82) is 0 Å². The Morgan fingerprint density at radius 2 is 1.81 bits per heavy atom. The van der Waals surface area contributed by atoms with Crippen LogP contribution < -0.4 is 16.0 Å². The summed E-state index contributed by atoms with van der Waals surface area (Å²) in [6, 6.07) is 16.2. The number of fused-ring (bicyclic) bond motifs is 1. The Morgan fingerprint density at radius 1 is 1.06 bits per heavy atom. The molecule has 4 aromatic rings. The Hall–Kier alpha value is -3.36. The minimum Gasteiger partial charge on any atom is -0.338 e. The molecule has 32 heavy (non-hydrogen) atoms. The summed E-state index contributed by atoms with van der Waals surface area (Å²) in [5.74, 6) is -0.218. The first-order chi connectivity index (χ1) is 15.4. The fraction of sp³-hybridized carbons (Fsp3) is 0.174. The smallest absolute Gasteiger partial charge is 0.319 e. The number of benzene rings is 2. The van der Waals surface area contributed by atoms with E-state index in [1.165, 1.54) is 11.3 Å². The minimum atomic E-state index is -0.293. The zero-order chi connectivity index (χ0) is 22.7. The second-order valence-electron chi connectivity index (χ2n) is 7.18. The average molecular weight is 468 g/mol. The quantitative estimate of drug-likeness (QED) is 0.349. The van der Waals surface area contributed by atoms with Gasteiger partial charge in [0, 0.05) is 28.3 Å². The van der Waals surface area contributed by atoms with Crippen LogP contribution in [0.4, 0.5) is 16.2 Å². The van der Waals surface area contributed by atoms with Gasteiger partial charge in [-0.2, -0.15) is 5.10 Å². The van der Waals surface area contributed by atoms with E-state index in [2.05, 4.69) is 21.0 Å². The zero-order valence-corrected chi connectivity index (χ0v) is 19.2. The van der Waals surface area contributed by atoms with Crippen molar-refractivity contribution in [3.8, 4) is 0 Å². The molecule has 2 heterocycles. The predicted octanol–water partition coefficient (Wildman–Crippen LogP) is 5.50. The fourth-order valence-corrected chi connectivity index (χ4v) is 4.57. The lowest BCUT2D eigenvalue weighted by atomic mass is 10.2. The highest BCUT2D eigenvalue weighted by Crippen LogP contribution is 2.30. The summed E-state index contributed by atoms with van der Waals surface area (Å²) in [7, 11) is 0. The number of carbonyl (C=O) groups is 2. The number of thiophene rings is 1. The first-order valence-corrected chi connectivity index (χ1v) is 11.3. The second-order valence-corrected chi connectivity index (χ2v) is 8.62. The maximum absolute atomic E-state index is 12.9. The molecule has 2 aromatic heterocycles. The van der Waals surface area contributed by atoms with Gasteiger partial charge < -0.3 is 16.0 Å². The molecular formula is C23H22ClN5O2S. The van der Waals surface area contributed by atoms with Crippen LogP contribution in [0.3, 0.4) is 0 Å². The number of halogens is 1. The summed E-state index contributed by atoms with van der Waals surface area (Å²) in [4.78, 5) is 26.1. The summed E-state index contributed by atoms with van der Waals surface area (Å²) in [6.45, 7) is 4.83. The first kappa shape index (κ1) is 21.9. The maximum atomic E-state index is 12.9. The van der Waals surface area contributed by atoms with Crippen LogP contribution in [0.15, 0.2) is 54.6 Å². The molecule has 0 atom stereocenters. The molecule has 3 amide bonds. The van der Waals surface area contributed by atoms with Crippen molar-refractivity contribution in [3.63, 3.8) is 0 Å². The third-order valence-corrected chi connectivity index (χ3v) is 6.34. The molecule has 9 heteroatoms. The van der Waals surface area contributed by atoms with Crippen LogP contribution in [0, 0.1) is 6.92 Å². The summed E-state index contributed by atoms with van der Waals surface area (Å²) in [5.41, 5.74) is 3.01. The van der Waals surface area contributed by atoms with Gasteiger partial charge in [0.05, 0.1) is 17.1 Å². The molecule has 0 aliphatic heterocycles. The van der Waals surface area contributed by atoms with E-state index in [0.29, 0.717) is 34.4 Å². The normalized spacial score (nSPS) is 10.8. The molecule has 3 N–H and O–H groups in total. The Kier molecular flexibility index (Phi) is 6.43. The lowest BCUT2D eigenvalue weighted by Crippen LogP contribution is -2.28. The zero-order valence-electron chi connectivity index (χ0n) is 17.6. The monoisotopic (exact) mass is 467 g/mol. The number of rotatable bonds is 6. The van der Waals surface area contributed by atoms with E-state index in [-0.39, 0.29) is 11.9 Å². The van der Waals surface area contributed by atoms with Crippen LogP contribution in [0.2, 0.25) is 5.02 Å². The van der Waals surface area contributed by atoms with Gasteiger partial charge in [0.25, 0.3) is 5.91 Å². The van der Waals surface area contributed by atoms with Gasteiger partial charge in [0.2, 0.25) is 0 Å². The minimum absolute atomic E-state index is 0.218. The Morgan fingerprint density at radius 3 is 2.56 bits per heavy atom. The second kappa shape index (κ2) is 9.42. The number of urea groups is 1. The standard InChI is InChI=1S/C23H22ClN5O2S/c1-3-25-23(31)27-17-9-6-8-16(11-17)26-21(30)20-12-18-14(2)28-29(22(18)32-20)13-15-7-4-5-10-19(15)24/h4-12H,3,13H2,1-2H3,(H,26,30)(H2,25,27,31). The van der Waals surface area contributed by atoms with E-state index < -0.39 is 0 Å². The number of hydrogen-bond acceptors (Lipinski definition) is 4. The number of hydrogen-bond donors (Lipinski definition) is 3. The molecule has 2 aromatic carbocycles. The molecule has 0 fully saturated rings. The third-order valence-electron chi connectivity index (χ3n) is 4.82. The summed E-state index contributed by atoms with van der Waals surface area (Å²) >= 11 is 7.69. The van der Waals surface area contributed by atoms with E-state index in [1.807, 2.05) is 48.9 Å². The van der Waals surface area contributed by atoms with E-state index in [1.54, 1.807) is 24.3 Å². The van der Waals surface area contributed by atoms with Crippen molar-refractivity contribution in [1.82, 2.24) is 15.1 Å². The first-order valence-electron chi connectivity index (χ1n) is 10.1. The third kappa shape index (κ3) is 4.76. The highest BCUT2D eigenvalue weighted by molar-refractivity contribution is 7.20. The number of carbonyl (C=O) groups excluding carboxylic acids is 2. The Balaban J connectivity index is 1.53. The van der Waals surface area contributed by atoms with Gasteiger partial charge in [0.15, 0.2) is 0 Å². The highest BCUT2D eigenvalue weighted by Gasteiger charge is 2.17. The average Bonchev–Trinajstić information content (AvgIpc) is 3.31. The van der Waals surface area contributed by atoms with Crippen LogP contribution >= 0.6 is 22.9 Å². The molecule has 0 bridgehead atoms. The highest BCUT2D eigenvalue weighted by atomic mass is 35.5. The van der Waals surface area contributed by atoms with Gasteiger partial charge >= 0.3 is 6.03 Å². The summed E-state index contributed by atoms with van der Waals surface area (Å²) in [5, 5.41) is 14.6. The topological polar surface area (TPSA) is 88.1 Å². The number of nitrogens with zero attached hydrogens (tertiary/aromatic N) is 2. The Bertz CT molecular complexity index is 1300. The molecule has 0 saturated carbocycles. The van der Waals surface area contributed by atoms with Gasteiger partial charge in [-0.05, 0) is 49.7 Å². The van der Waals surface area contributed by atoms with Crippen LogP contribution in [-0.4, -0.2) is 28.3 Å². The molecular weight excluding hydrogens is 446 g/mol. The molecule has 0 aliphatic carbocycles. The SMILES string of the molecule is CCNC(=O)Nc1cccc(NC(=O)c2cc3c(C)nn(Cc4ccccc4Cl)c3s2)c1. The number of aromatic nitrogens is 2. The lowest BCUT2D eigenvalue weighted by molar-refractivity contribution is 0.103. The molecule has 0 radical (unpaired) electrons. The van der Waals surface area contributed by atoms with Crippen molar-refractivity contribution in [3.05, 3.63) is 75.8 Å². The van der Waals surface area contributed by atoms with E-state index in [9.17, 15) is 9.59 Å². The molecule has 4 rings (SSSR count). The van der Waals surface area contributed by atoms with Crippen LogP contribution in [-0.2, 0) is 6.54 Å². The fourth-order valence-electron chi connectivity index (χ4n) is 3.32. The van der Waals surface area contributed by atoms with Gasteiger partial charge in [-0.3, -0.25) is 9.48 Å². The Labute approximate surface area is 194 Å². The van der Waals surface area contributed by atoms with Crippen molar-refractivity contribution < 1.29 is 9.59 Å². The predicted molar refractivity (Wildman–Crippen MR) is 130 cm³/mol. The lowest BCUT2D eigenvalue weighted by Gasteiger charge is -2.08.